The first kappa shape index (κ1) is 18.2. The summed E-state index contributed by atoms with van der Waals surface area (Å²) in [4.78, 5) is 45.1. The van der Waals surface area contributed by atoms with Gasteiger partial charge in [0.15, 0.2) is 10.9 Å². The molecule has 26 heavy (non-hydrogen) atoms. The molecule has 12 heteroatoms. The molecule has 1 aliphatic rings. The highest BCUT2D eigenvalue weighted by molar-refractivity contribution is 7.99. The van der Waals surface area contributed by atoms with Crippen molar-refractivity contribution in [2.24, 2.45) is 0 Å². The van der Waals surface area contributed by atoms with Crippen LogP contribution in [0.3, 0.4) is 0 Å². The number of thioether (sulfide) groups is 1. The Bertz CT molecular complexity index is 981. The number of nitrogens with one attached hydrogen (secondary N) is 1. The highest BCUT2D eigenvalue weighted by Gasteiger charge is 2.33. The standard InChI is InChI=1S/C14H12F3N5O3S/c15-14(16,17)8-3-4-19-12(20-8)26-5-7(23)9-10(18)22(6-1-2-6)13(25)21-11(9)24/h3-4,6H,1-2,5,18H2,(H,21,24,25). The van der Waals surface area contributed by atoms with E-state index in [4.69, 9.17) is 5.73 Å². The summed E-state index contributed by atoms with van der Waals surface area (Å²) < 4.78 is 39.1. The minimum Gasteiger partial charge on any atom is -0.384 e. The fourth-order valence-electron chi connectivity index (χ4n) is 2.30. The number of alkyl halides is 3. The van der Waals surface area contributed by atoms with Crippen molar-refractivity contribution in [3.05, 3.63) is 44.4 Å². The van der Waals surface area contributed by atoms with Crippen LogP contribution < -0.4 is 17.0 Å². The summed E-state index contributed by atoms with van der Waals surface area (Å²) in [6.07, 6.45) is -2.30. The number of nitrogens with zero attached hydrogens (tertiary/aromatic N) is 3. The Morgan fingerprint density at radius 3 is 2.69 bits per heavy atom. The van der Waals surface area contributed by atoms with Crippen molar-refractivity contribution in [2.75, 3.05) is 11.5 Å². The molecule has 1 saturated carbocycles. The van der Waals surface area contributed by atoms with Gasteiger partial charge in [-0.1, -0.05) is 11.8 Å². The van der Waals surface area contributed by atoms with Crippen LogP contribution in [-0.4, -0.2) is 31.1 Å². The van der Waals surface area contributed by atoms with Crippen molar-refractivity contribution in [1.82, 2.24) is 19.5 Å². The SMILES string of the molecule is Nc1c(C(=O)CSc2nccc(C(F)(F)F)n2)c(=O)[nH]c(=O)n1C1CC1. The molecule has 0 saturated heterocycles. The molecule has 0 aromatic carbocycles. The maximum atomic E-state index is 12.6. The van der Waals surface area contributed by atoms with Gasteiger partial charge in [-0.05, 0) is 18.9 Å². The van der Waals surface area contributed by atoms with Gasteiger partial charge in [0.25, 0.3) is 5.56 Å². The number of aromatic amines is 1. The zero-order valence-corrected chi connectivity index (χ0v) is 13.9. The summed E-state index contributed by atoms with van der Waals surface area (Å²) >= 11 is 0.638. The summed E-state index contributed by atoms with van der Waals surface area (Å²) in [5.74, 6) is -1.38. The van der Waals surface area contributed by atoms with Gasteiger partial charge < -0.3 is 5.73 Å². The minimum absolute atomic E-state index is 0.162. The van der Waals surface area contributed by atoms with Gasteiger partial charge in [0.05, 0.1) is 5.75 Å². The van der Waals surface area contributed by atoms with Gasteiger partial charge in [-0.3, -0.25) is 19.1 Å². The summed E-state index contributed by atoms with van der Waals surface area (Å²) in [6, 6.07) is 0.547. The third-order valence-electron chi connectivity index (χ3n) is 3.63. The van der Waals surface area contributed by atoms with E-state index >= 15 is 0 Å². The Morgan fingerprint density at radius 2 is 2.08 bits per heavy atom. The lowest BCUT2D eigenvalue weighted by atomic mass is 10.2. The fraction of sp³-hybridized carbons (Fsp3) is 0.357. The van der Waals surface area contributed by atoms with Gasteiger partial charge in [0.1, 0.15) is 17.1 Å². The Labute approximate surface area is 147 Å². The predicted octanol–water partition coefficient (Wildman–Crippen LogP) is 1.24. The molecule has 138 valence electrons. The summed E-state index contributed by atoms with van der Waals surface area (Å²) in [5, 5.41) is -0.265. The second-order valence-corrected chi connectivity index (χ2v) is 6.50. The van der Waals surface area contributed by atoms with Crippen molar-refractivity contribution in [3.8, 4) is 0 Å². The van der Waals surface area contributed by atoms with Crippen molar-refractivity contribution in [2.45, 2.75) is 30.2 Å². The second-order valence-electron chi connectivity index (χ2n) is 5.55. The van der Waals surface area contributed by atoms with Crippen LogP contribution in [-0.2, 0) is 6.18 Å². The van der Waals surface area contributed by atoms with Crippen molar-refractivity contribution in [1.29, 1.82) is 0 Å². The number of halogens is 3. The first-order valence-corrected chi connectivity index (χ1v) is 8.37. The first-order valence-electron chi connectivity index (χ1n) is 7.39. The molecule has 8 nitrogen and oxygen atoms in total. The minimum atomic E-state index is -4.64. The number of ketones is 1. The van der Waals surface area contributed by atoms with Crippen LogP contribution in [0.15, 0.2) is 27.0 Å². The topological polar surface area (TPSA) is 124 Å². The molecule has 1 fully saturated rings. The Balaban J connectivity index is 1.83. The molecule has 2 aromatic heterocycles. The normalized spacial score (nSPS) is 14.4. The molecule has 3 N–H and O–H groups in total. The van der Waals surface area contributed by atoms with Crippen LogP contribution in [0.4, 0.5) is 19.0 Å². The number of nitrogen functional groups attached to an aromatic ring is 1. The van der Waals surface area contributed by atoms with Crippen LogP contribution >= 0.6 is 11.8 Å². The first-order chi connectivity index (χ1) is 12.2. The number of anilines is 1. The largest absolute Gasteiger partial charge is 0.433 e. The molecule has 0 unspecified atom stereocenters. The monoisotopic (exact) mass is 387 g/mol. The Morgan fingerprint density at radius 1 is 1.38 bits per heavy atom. The van der Waals surface area contributed by atoms with E-state index in [9.17, 15) is 27.6 Å². The van der Waals surface area contributed by atoms with Crippen LogP contribution in [0.2, 0.25) is 0 Å². The molecule has 1 aliphatic carbocycles. The number of rotatable bonds is 5. The van der Waals surface area contributed by atoms with Crippen LogP contribution in [0, 0.1) is 0 Å². The van der Waals surface area contributed by atoms with E-state index in [1.165, 1.54) is 0 Å². The van der Waals surface area contributed by atoms with E-state index in [2.05, 4.69) is 9.97 Å². The average molecular weight is 387 g/mol. The number of Topliss-reactive ketones (excluding diaryl/α,β-unsaturated/α-hetero) is 1. The van der Waals surface area contributed by atoms with Gasteiger partial charge in [-0.15, -0.1) is 0 Å². The molecular weight excluding hydrogens is 375 g/mol. The maximum Gasteiger partial charge on any atom is 0.433 e. The van der Waals surface area contributed by atoms with Gasteiger partial charge >= 0.3 is 11.9 Å². The Kier molecular flexibility index (Phi) is 4.61. The number of hydrogen-bond donors (Lipinski definition) is 2. The third-order valence-corrected chi connectivity index (χ3v) is 4.49. The molecule has 0 atom stereocenters. The van der Waals surface area contributed by atoms with E-state index < -0.39 is 40.2 Å². The molecule has 0 spiro atoms. The zero-order chi connectivity index (χ0) is 19.1. The lowest BCUT2D eigenvalue weighted by Crippen LogP contribution is -2.36. The average Bonchev–Trinajstić information content (AvgIpc) is 3.36. The van der Waals surface area contributed by atoms with E-state index in [0.717, 1.165) is 10.8 Å². The van der Waals surface area contributed by atoms with E-state index in [-0.39, 0.29) is 17.0 Å². The lowest BCUT2D eigenvalue weighted by molar-refractivity contribution is -0.141. The Hall–Kier alpha value is -2.63. The molecule has 0 amide bonds. The molecule has 2 aromatic rings. The maximum absolute atomic E-state index is 12.6. The molecular formula is C14H12F3N5O3S. The predicted molar refractivity (Wildman–Crippen MR) is 86.1 cm³/mol. The second kappa shape index (κ2) is 6.59. The molecule has 0 bridgehead atoms. The van der Waals surface area contributed by atoms with Crippen molar-refractivity contribution < 1.29 is 18.0 Å². The molecule has 0 aliphatic heterocycles. The van der Waals surface area contributed by atoms with Crippen LogP contribution in [0.5, 0.6) is 0 Å². The highest BCUT2D eigenvalue weighted by atomic mass is 32.2. The zero-order valence-electron chi connectivity index (χ0n) is 13.0. The number of aromatic nitrogens is 4. The van der Waals surface area contributed by atoms with E-state index in [0.29, 0.717) is 30.7 Å². The van der Waals surface area contributed by atoms with Gasteiger partial charge in [-0.2, -0.15) is 13.2 Å². The quantitative estimate of drug-likeness (QED) is 0.449. The summed E-state index contributed by atoms with van der Waals surface area (Å²) in [6.45, 7) is 0. The number of carbonyl (C=O) groups excluding carboxylic acids is 1. The number of H-pyrrole nitrogens is 1. The van der Waals surface area contributed by atoms with Gasteiger partial charge in [-0.25, -0.2) is 14.8 Å². The molecule has 0 radical (unpaired) electrons. The van der Waals surface area contributed by atoms with Crippen molar-refractivity contribution in [3.63, 3.8) is 0 Å². The van der Waals surface area contributed by atoms with Crippen molar-refractivity contribution >= 4 is 23.4 Å². The van der Waals surface area contributed by atoms with Gasteiger partial charge in [0, 0.05) is 12.2 Å². The number of hydrogen-bond acceptors (Lipinski definition) is 7. The third kappa shape index (κ3) is 3.64. The van der Waals surface area contributed by atoms with Crippen LogP contribution in [0.25, 0.3) is 0 Å². The van der Waals surface area contributed by atoms with Gasteiger partial charge in [0.2, 0.25) is 0 Å². The summed E-state index contributed by atoms with van der Waals surface area (Å²) in [7, 11) is 0. The molecule has 3 rings (SSSR count). The van der Waals surface area contributed by atoms with Crippen LogP contribution in [0.1, 0.15) is 34.9 Å². The highest BCUT2D eigenvalue weighted by Crippen LogP contribution is 2.35. The number of nitrogens with two attached hydrogens (primary N) is 1. The summed E-state index contributed by atoms with van der Waals surface area (Å²) in [5.41, 5.74) is 2.66. The van der Waals surface area contributed by atoms with E-state index in [1.807, 2.05) is 4.98 Å². The fourth-order valence-corrected chi connectivity index (χ4v) is 3.00. The lowest BCUT2D eigenvalue weighted by Gasteiger charge is -2.11. The van der Waals surface area contributed by atoms with E-state index in [1.54, 1.807) is 0 Å². The molecule has 2 heterocycles. The number of carbonyl (C=O) groups is 1. The smallest absolute Gasteiger partial charge is 0.384 e.